The van der Waals surface area contributed by atoms with E-state index in [0.29, 0.717) is 12.0 Å². The van der Waals surface area contributed by atoms with Gasteiger partial charge in [0.2, 0.25) is 0 Å². The molecule has 0 unspecified atom stereocenters. The molecule has 0 aliphatic heterocycles. The molecule has 1 aromatic rings. The molecule has 3 heteroatoms. The minimum absolute atomic E-state index is 0.313. The van der Waals surface area contributed by atoms with Crippen LogP contribution in [0.4, 0.5) is 0 Å². The molecule has 2 rings (SSSR count). The van der Waals surface area contributed by atoms with Gasteiger partial charge in [0.05, 0.1) is 0 Å². The Morgan fingerprint density at radius 3 is 2.81 bits per heavy atom. The first-order valence-electron chi connectivity index (χ1n) is 7.74. The number of benzene rings is 1. The van der Waals surface area contributed by atoms with E-state index in [1.54, 1.807) is 0 Å². The molecule has 1 fully saturated rings. The second-order valence-corrected chi connectivity index (χ2v) is 6.82. The summed E-state index contributed by atoms with van der Waals surface area (Å²) < 4.78 is 6.69. The van der Waals surface area contributed by atoms with Crippen molar-refractivity contribution in [3.8, 4) is 18.1 Å². The van der Waals surface area contributed by atoms with Crippen LogP contribution >= 0.6 is 15.9 Å². The molecule has 1 aliphatic rings. The SMILES string of the molecule is C#CCOc1ccc(Br)cc1CNCC1(CC)CCCC1. The minimum atomic E-state index is 0.313. The monoisotopic (exact) mass is 349 g/mol. The predicted octanol–water partition coefficient (Wildman–Crippen LogP) is 4.52. The molecule has 21 heavy (non-hydrogen) atoms. The molecular formula is C18H24BrNO. The van der Waals surface area contributed by atoms with E-state index in [9.17, 15) is 0 Å². The van der Waals surface area contributed by atoms with Crippen molar-refractivity contribution in [3.05, 3.63) is 28.2 Å². The Morgan fingerprint density at radius 1 is 1.38 bits per heavy atom. The Hall–Kier alpha value is -0.980. The fourth-order valence-corrected chi connectivity index (χ4v) is 3.60. The summed E-state index contributed by atoms with van der Waals surface area (Å²) in [6.07, 6.45) is 12.0. The highest BCUT2D eigenvalue weighted by atomic mass is 79.9. The zero-order valence-corrected chi connectivity index (χ0v) is 14.3. The van der Waals surface area contributed by atoms with E-state index in [0.717, 1.165) is 28.9 Å². The number of ether oxygens (including phenoxy) is 1. The summed E-state index contributed by atoms with van der Waals surface area (Å²) in [4.78, 5) is 0. The van der Waals surface area contributed by atoms with Crippen LogP contribution in [0, 0.1) is 17.8 Å². The van der Waals surface area contributed by atoms with Crippen molar-refractivity contribution in [1.29, 1.82) is 0 Å². The maximum Gasteiger partial charge on any atom is 0.148 e. The van der Waals surface area contributed by atoms with E-state index in [4.69, 9.17) is 11.2 Å². The smallest absolute Gasteiger partial charge is 0.148 e. The van der Waals surface area contributed by atoms with Crippen LogP contribution in [-0.2, 0) is 6.54 Å². The average molecular weight is 350 g/mol. The lowest BCUT2D eigenvalue weighted by atomic mass is 9.83. The van der Waals surface area contributed by atoms with Crippen LogP contribution in [0.2, 0.25) is 0 Å². The van der Waals surface area contributed by atoms with E-state index < -0.39 is 0 Å². The van der Waals surface area contributed by atoms with E-state index in [2.05, 4.69) is 40.2 Å². The van der Waals surface area contributed by atoms with Gasteiger partial charge in [0.1, 0.15) is 12.4 Å². The van der Waals surface area contributed by atoms with Crippen molar-refractivity contribution in [3.63, 3.8) is 0 Å². The normalized spacial score (nSPS) is 16.6. The molecule has 1 aliphatic carbocycles. The highest BCUT2D eigenvalue weighted by molar-refractivity contribution is 9.10. The van der Waals surface area contributed by atoms with Crippen LogP contribution in [0.25, 0.3) is 0 Å². The van der Waals surface area contributed by atoms with Gasteiger partial charge in [-0.1, -0.05) is 41.6 Å². The molecular weight excluding hydrogens is 326 g/mol. The second-order valence-electron chi connectivity index (χ2n) is 5.91. The lowest BCUT2D eigenvalue weighted by molar-refractivity contribution is 0.267. The zero-order chi connectivity index (χ0) is 15.1. The van der Waals surface area contributed by atoms with E-state index in [-0.39, 0.29) is 0 Å². The Labute approximate surface area is 136 Å². The first kappa shape index (κ1) is 16.4. The fourth-order valence-electron chi connectivity index (χ4n) is 3.19. The number of rotatable bonds is 7. The lowest BCUT2D eigenvalue weighted by Gasteiger charge is -2.28. The van der Waals surface area contributed by atoms with Gasteiger partial charge in [-0.3, -0.25) is 0 Å². The van der Waals surface area contributed by atoms with Crippen molar-refractivity contribution >= 4 is 15.9 Å². The van der Waals surface area contributed by atoms with Gasteiger partial charge in [0.15, 0.2) is 0 Å². The Kier molecular flexibility index (Phi) is 6.14. The number of halogens is 1. The molecule has 0 amide bonds. The summed E-state index contributed by atoms with van der Waals surface area (Å²) in [5.74, 6) is 3.40. The molecule has 0 heterocycles. The van der Waals surface area contributed by atoms with Crippen LogP contribution in [0.3, 0.4) is 0 Å². The van der Waals surface area contributed by atoms with Crippen molar-refractivity contribution < 1.29 is 4.74 Å². The van der Waals surface area contributed by atoms with Gasteiger partial charge in [-0.25, -0.2) is 0 Å². The van der Waals surface area contributed by atoms with Crippen molar-refractivity contribution in [2.45, 2.75) is 45.6 Å². The van der Waals surface area contributed by atoms with Crippen LogP contribution < -0.4 is 10.1 Å². The van der Waals surface area contributed by atoms with Gasteiger partial charge in [0.25, 0.3) is 0 Å². The quantitative estimate of drug-likeness (QED) is 0.730. The third-order valence-electron chi connectivity index (χ3n) is 4.56. The first-order chi connectivity index (χ1) is 10.2. The summed E-state index contributed by atoms with van der Waals surface area (Å²) in [7, 11) is 0. The molecule has 0 saturated heterocycles. The maximum absolute atomic E-state index is 5.62. The topological polar surface area (TPSA) is 21.3 Å². The highest BCUT2D eigenvalue weighted by Crippen LogP contribution is 2.40. The molecule has 114 valence electrons. The summed E-state index contributed by atoms with van der Waals surface area (Å²) in [6, 6.07) is 6.07. The predicted molar refractivity (Wildman–Crippen MR) is 91.4 cm³/mol. The fraction of sp³-hybridized carbons (Fsp3) is 0.556. The molecule has 1 N–H and O–H groups in total. The van der Waals surface area contributed by atoms with Crippen LogP contribution in [-0.4, -0.2) is 13.2 Å². The summed E-state index contributed by atoms with van der Waals surface area (Å²) in [6.45, 7) is 4.53. The second kappa shape index (κ2) is 7.87. The van der Waals surface area contributed by atoms with Gasteiger partial charge in [-0.15, -0.1) is 6.42 Å². The van der Waals surface area contributed by atoms with Crippen molar-refractivity contribution in [2.75, 3.05) is 13.2 Å². The van der Waals surface area contributed by atoms with E-state index in [1.165, 1.54) is 32.1 Å². The number of terminal acetylenes is 1. The third-order valence-corrected chi connectivity index (χ3v) is 5.06. The number of nitrogens with one attached hydrogen (secondary N) is 1. The summed E-state index contributed by atoms with van der Waals surface area (Å²) in [5.41, 5.74) is 1.66. The first-order valence-corrected chi connectivity index (χ1v) is 8.54. The molecule has 0 bridgehead atoms. The van der Waals surface area contributed by atoms with Gasteiger partial charge in [-0.2, -0.15) is 0 Å². The molecule has 1 aromatic carbocycles. The zero-order valence-electron chi connectivity index (χ0n) is 12.8. The molecule has 0 spiro atoms. The average Bonchev–Trinajstić information content (AvgIpc) is 2.96. The lowest BCUT2D eigenvalue weighted by Crippen LogP contribution is -2.31. The van der Waals surface area contributed by atoms with Gasteiger partial charge < -0.3 is 10.1 Å². The Balaban J connectivity index is 1.95. The molecule has 0 radical (unpaired) electrons. The maximum atomic E-state index is 5.62. The third kappa shape index (κ3) is 4.49. The largest absolute Gasteiger partial charge is 0.481 e. The highest BCUT2D eigenvalue weighted by Gasteiger charge is 2.31. The molecule has 2 nitrogen and oxygen atoms in total. The molecule has 0 atom stereocenters. The molecule has 1 saturated carbocycles. The van der Waals surface area contributed by atoms with Gasteiger partial charge in [-0.05, 0) is 42.9 Å². The van der Waals surface area contributed by atoms with Crippen molar-refractivity contribution in [2.24, 2.45) is 5.41 Å². The molecule has 0 aromatic heterocycles. The van der Waals surface area contributed by atoms with Crippen LogP contribution in [0.15, 0.2) is 22.7 Å². The van der Waals surface area contributed by atoms with Gasteiger partial charge in [0, 0.05) is 23.1 Å². The minimum Gasteiger partial charge on any atom is -0.481 e. The summed E-state index contributed by atoms with van der Waals surface area (Å²) in [5, 5.41) is 3.63. The van der Waals surface area contributed by atoms with E-state index >= 15 is 0 Å². The van der Waals surface area contributed by atoms with E-state index in [1.807, 2.05) is 12.1 Å². The van der Waals surface area contributed by atoms with Crippen molar-refractivity contribution in [1.82, 2.24) is 5.32 Å². The Bertz CT molecular complexity index is 500. The Morgan fingerprint density at radius 2 is 2.14 bits per heavy atom. The summed E-state index contributed by atoms with van der Waals surface area (Å²) >= 11 is 3.52. The number of hydrogen-bond donors (Lipinski definition) is 1. The number of hydrogen-bond acceptors (Lipinski definition) is 2. The van der Waals surface area contributed by atoms with Crippen LogP contribution in [0.1, 0.15) is 44.6 Å². The van der Waals surface area contributed by atoms with Crippen LogP contribution in [0.5, 0.6) is 5.75 Å². The standard InChI is InChI=1S/C18H24BrNO/c1-3-11-21-17-8-7-16(19)12-15(17)13-20-14-18(4-2)9-5-6-10-18/h1,7-8,12,20H,4-6,9-11,13-14H2,2H3. The van der Waals surface area contributed by atoms with Gasteiger partial charge >= 0.3 is 0 Å².